The molecule has 0 aliphatic rings. The van der Waals surface area contributed by atoms with Gasteiger partial charge in [-0.15, -0.1) is 35.0 Å². The largest absolute Gasteiger partial charge is 4.00 e. The maximum atomic E-state index is 4.67. The molecule has 4 aromatic carbocycles. The second-order valence-electron chi connectivity index (χ2n) is 9.06. The van der Waals surface area contributed by atoms with E-state index in [1.807, 2.05) is 41.3 Å². The summed E-state index contributed by atoms with van der Waals surface area (Å²) in [5, 5.41) is 9.07. The Hall–Kier alpha value is -4.47. The molecule has 8 aromatic rings. The summed E-state index contributed by atoms with van der Waals surface area (Å²) in [4.78, 5) is 4.67. The molecule has 0 spiro atoms. The van der Waals surface area contributed by atoms with Crippen LogP contribution in [0.15, 0.2) is 116 Å². The number of aromatic nitrogens is 5. The fourth-order valence-electron chi connectivity index (χ4n) is 5.41. The standard InChI is InChI=1S/C32H19N5.Pt/c1-3-10-28-24(8-1)26-15-13-22(35-19-7-18-34-35)20-30(26)36(28)23-14-16-27-25-9-2-4-11-29(25)37(31(27)21-23)32-12-5-6-17-33-32;/h1-19H;/q-2;+4. The average molecular weight is 669 g/mol. The van der Waals surface area contributed by atoms with Crippen molar-refractivity contribution in [2.45, 2.75) is 0 Å². The minimum Gasteiger partial charge on any atom is -0.358 e. The molecule has 0 aliphatic carbocycles. The van der Waals surface area contributed by atoms with Crippen LogP contribution in [0.1, 0.15) is 0 Å². The number of pyridine rings is 1. The van der Waals surface area contributed by atoms with Crippen LogP contribution >= 0.6 is 0 Å². The van der Waals surface area contributed by atoms with E-state index in [9.17, 15) is 0 Å². The molecule has 180 valence electrons. The van der Waals surface area contributed by atoms with E-state index in [0.29, 0.717) is 0 Å². The van der Waals surface area contributed by atoms with Crippen LogP contribution in [-0.2, 0) is 21.1 Å². The van der Waals surface area contributed by atoms with Crippen molar-refractivity contribution in [1.82, 2.24) is 23.9 Å². The van der Waals surface area contributed by atoms with Gasteiger partial charge in [0, 0.05) is 29.6 Å². The van der Waals surface area contributed by atoms with Crippen molar-refractivity contribution in [3.05, 3.63) is 128 Å². The number of hydrogen-bond acceptors (Lipinski definition) is 2. The first-order valence-corrected chi connectivity index (χ1v) is 12.2. The summed E-state index contributed by atoms with van der Waals surface area (Å²) in [5.41, 5.74) is 6.05. The molecule has 0 fully saturated rings. The number of fused-ring (bicyclic) bond motifs is 6. The van der Waals surface area contributed by atoms with Gasteiger partial charge in [0.05, 0.1) is 0 Å². The number of benzene rings is 4. The number of rotatable bonds is 3. The van der Waals surface area contributed by atoms with Gasteiger partial charge in [-0.05, 0) is 46.8 Å². The summed E-state index contributed by atoms with van der Waals surface area (Å²) in [6.07, 6.45) is 5.55. The molecule has 8 rings (SSSR count). The van der Waals surface area contributed by atoms with E-state index in [1.165, 1.54) is 10.8 Å². The molecule has 0 radical (unpaired) electrons. The third-order valence-electron chi connectivity index (χ3n) is 7.01. The van der Waals surface area contributed by atoms with Crippen LogP contribution in [-0.4, -0.2) is 23.9 Å². The Bertz CT molecular complexity index is 2090. The van der Waals surface area contributed by atoms with Gasteiger partial charge >= 0.3 is 21.1 Å². The third kappa shape index (κ3) is 3.29. The van der Waals surface area contributed by atoms with Crippen molar-refractivity contribution in [3.63, 3.8) is 0 Å². The van der Waals surface area contributed by atoms with E-state index in [2.05, 4.69) is 104 Å². The molecule has 0 bridgehead atoms. The fourth-order valence-corrected chi connectivity index (χ4v) is 5.41. The van der Waals surface area contributed by atoms with Crippen molar-refractivity contribution in [2.75, 3.05) is 0 Å². The molecule has 4 heterocycles. The van der Waals surface area contributed by atoms with Crippen LogP contribution < -0.4 is 0 Å². The minimum absolute atomic E-state index is 0. The molecule has 5 nitrogen and oxygen atoms in total. The first-order chi connectivity index (χ1) is 18.4. The summed E-state index contributed by atoms with van der Waals surface area (Å²) >= 11 is 0. The maximum absolute atomic E-state index is 4.67. The Morgan fingerprint density at radius 3 is 1.84 bits per heavy atom. The van der Waals surface area contributed by atoms with Crippen molar-refractivity contribution >= 4 is 43.6 Å². The molecular formula is C32H19N5Pt+2. The predicted octanol–water partition coefficient (Wildman–Crippen LogP) is 7.06. The van der Waals surface area contributed by atoms with Gasteiger partial charge in [-0.25, -0.2) is 4.98 Å². The number of hydrogen-bond donors (Lipinski definition) is 0. The van der Waals surface area contributed by atoms with Crippen LogP contribution in [0.5, 0.6) is 0 Å². The Labute approximate surface area is 232 Å². The van der Waals surface area contributed by atoms with Crippen molar-refractivity contribution in [1.29, 1.82) is 0 Å². The summed E-state index contributed by atoms with van der Waals surface area (Å²) < 4.78 is 6.28. The summed E-state index contributed by atoms with van der Waals surface area (Å²) in [6.45, 7) is 0. The predicted molar refractivity (Wildman–Crippen MR) is 148 cm³/mol. The Kier molecular flexibility index (Phi) is 5.27. The molecule has 4 aromatic heterocycles. The second-order valence-corrected chi connectivity index (χ2v) is 9.06. The Morgan fingerprint density at radius 2 is 1.16 bits per heavy atom. The van der Waals surface area contributed by atoms with Crippen molar-refractivity contribution in [3.8, 4) is 17.2 Å². The SMILES string of the molecule is [Pt+4].[c-]1c(-n2cccn2)ccc2c3ccccc3n(-c3[c-]c4c(cc3)c3ccccc3n4-c3ccccn3)c12. The van der Waals surface area contributed by atoms with Gasteiger partial charge in [0.25, 0.3) is 0 Å². The van der Waals surface area contributed by atoms with Crippen LogP contribution in [0.2, 0.25) is 0 Å². The fraction of sp³-hybridized carbons (Fsp3) is 0. The van der Waals surface area contributed by atoms with E-state index >= 15 is 0 Å². The summed E-state index contributed by atoms with van der Waals surface area (Å²) in [5.74, 6) is 0.872. The van der Waals surface area contributed by atoms with E-state index < -0.39 is 0 Å². The first kappa shape index (κ1) is 22.7. The number of para-hydroxylation sites is 2. The molecule has 0 atom stereocenters. The van der Waals surface area contributed by atoms with Crippen LogP contribution in [0.4, 0.5) is 0 Å². The first-order valence-electron chi connectivity index (χ1n) is 12.2. The third-order valence-corrected chi connectivity index (χ3v) is 7.01. The van der Waals surface area contributed by atoms with Crippen molar-refractivity contribution in [2.24, 2.45) is 0 Å². The number of nitrogens with zero attached hydrogens (tertiary/aromatic N) is 5. The van der Waals surface area contributed by atoms with Gasteiger partial charge in [0.15, 0.2) is 0 Å². The zero-order valence-corrected chi connectivity index (χ0v) is 22.3. The molecule has 6 heteroatoms. The van der Waals surface area contributed by atoms with Gasteiger partial charge in [-0.2, -0.15) is 17.2 Å². The van der Waals surface area contributed by atoms with Crippen LogP contribution in [0, 0.1) is 12.1 Å². The smallest absolute Gasteiger partial charge is 0.358 e. The minimum atomic E-state index is 0. The van der Waals surface area contributed by atoms with Crippen molar-refractivity contribution < 1.29 is 21.1 Å². The average Bonchev–Trinajstić information content (AvgIpc) is 3.68. The van der Waals surface area contributed by atoms with Gasteiger partial charge in [-0.3, -0.25) is 4.68 Å². The van der Waals surface area contributed by atoms with Crippen LogP contribution in [0.25, 0.3) is 60.8 Å². The zero-order chi connectivity index (χ0) is 24.3. The van der Waals surface area contributed by atoms with Gasteiger partial charge in [-0.1, -0.05) is 59.2 Å². The normalized spacial score (nSPS) is 11.5. The Morgan fingerprint density at radius 1 is 0.526 bits per heavy atom. The molecule has 0 saturated heterocycles. The van der Waals surface area contributed by atoms with Gasteiger partial charge < -0.3 is 9.13 Å². The van der Waals surface area contributed by atoms with E-state index in [1.54, 1.807) is 6.20 Å². The molecule has 0 saturated carbocycles. The molecular weight excluding hydrogens is 649 g/mol. The maximum Gasteiger partial charge on any atom is 4.00 e. The quantitative estimate of drug-likeness (QED) is 0.189. The zero-order valence-electron chi connectivity index (χ0n) is 20.0. The monoisotopic (exact) mass is 668 g/mol. The van der Waals surface area contributed by atoms with E-state index in [4.69, 9.17) is 0 Å². The molecule has 0 aliphatic heterocycles. The molecule has 38 heavy (non-hydrogen) atoms. The Balaban J connectivity index is 0.00000242. The van der Waals surface area contributed by atoms with Gasteiger partial charge in [0.1, 0.15) is 5.82 Å². The molecule has 0 amide bonds. The van der Waals surface area contributed by atoms with E-state index in [-0.39, 0.29) is 21.1 Å². The molecule has 0 unspecified atom stereocenters. The van der Waals surface area contributed by atoms with Gasteiger partial charge in [0.2, 0.25) is 0 Å². The summed E-state index contributed by atoms with van der Waals surface area (Å²) in [7, 11) is 0. The van der Waals surface area contributed by atoms with E-state index in [0.717, 1.165) is 50.0 Å². The van der Waals surface area contributed by atoms with Crippen LogP contribution in [0.3, 0.4) is 0 Å². The molecule has 0 N–H and O–H groups in total. The second kappa shape index (κ2) is 8.83. The topological polar surface area (TPSA) is 40.6 Å². The summed E-state index contributed by atoms with van der Waals surface area (Å²) in [6, 6.07) is 40.8.